The van der Waals surface area contributed by atoms with Crippen LogP contribution in [-0.4, -0.2) is 57.9 Å². The molecule has 2 aromatic carbocycles. The van der Waals surface area contributed by atoms with E-state index in [0.29, 0.717) is 36.4 Å². The maximum Gasteiger partial charge on any atom is 0.243 e. The molecule has 0 bridgehead atoms. The second kappa shape index (κ2) is 9.98. The number of amides is 2. The van der Waals surface area contributed by atoms with Crippen LogP contribution in [0.25, 0.3) is 0 Å². The number of hydrogen-bond acceptors (Lipinski definition) is 6. The average Bonchev–Trinajstić information content (AvgIpc) is 3.70. The van der Waals surface area contributed by atoms with E-state index in [1.54, 1.807) is 43.5 Å². The second-order valence-corrected chi connectivity index (χ2v) is 12.0. The molecule has 1 atom stereocenters. The molecule has 1 N–H and O–H groups in total. The van der Waals surface area contributed by atoms with Crippen molar-refractivity contribution in [1.82, 2.24) is 4.31 Å². The molecule has 2 heterocycles. The van der Waals surface area contributed by atoms with E-state index in [-0.39, 0.29) is 47.7 Å². The van der Waals surface area contributed by atoms with E-state index in [0.717, 1.165) is 24.1 Å². The van der Waals surface area contributed by atoms with E-state index < -0.39 is 10.0 Å². The Hall–Kier alpha value is -3.11. The molecule has 37 heavy (non-hydrogen) atoms. The lowest BCUT2D eigenvalue weighted by Crippen LogP contribution is -2.41. The number of ether oxygens (including phenoxy) is 2. The van der Waals surface area contributed by atoms with Crippen molar-refractivity contribution in [3.63, 3.8) is 0 Å². The number of nitrogens with one attached hydrogen (secondary N) is 1. The Kier molecular flexibility index (Phi) is 6.89. The lowest BCUT2D eigenvalue weighted by Gasteiger charge is -2.30. The number of hydrogen-bond donors (Lipinski definition) is 1. The molecule has 198 valence electrons. The van der Waals surface area contributed by atoms with E-state index in [2.05, 4.69) is 5.32 Å². The Balaban J connectivity index is 1.23. The molecule has 0 spiro atoms. The number of carbonyl (C=O) groups is 2. The summed E-state index contributed by atoms with van der Waals surface area (Å²) in [5.41, 5.74) is 2.32. The first-order valence-corrected chi connectivity index (χ1v) is 14.2. The van der Waals surface area contributed by atoms with Gasteiger partial charge in [-0.05, 0) is 74.9 Å². The van der Waals surface area contributed by atoms with Gasteiger partial charge in [0, 0.05) is 48.4 Å². The molecule has 2 amide bonds. The number of nitrogens with zero attached hydrogens (tertiary/aromatic N) is 2. The Morgan fingerprint density at radius 1 is 0.919 bits per heavy atom. The summed E-state index contributed by atoms with van der Waals surface area (Å²) in [6.07, 6.45) is 3.39. The summed E-state index contributed by atoms with van der Waals surface area (Å²) >= 11 is 0. The van der Waals surface area contributed by atoms with Gasteiger partial charge in [-0.15, -0.1) is 0 Å². The third kappa shape index (κ3) is 4.92. The summed E-state index contributed by atoms with van der Waals surface area (Å²) in [4.78, 5) is 27.7. The lowest BCUT2D eigenvalue weighted by molar-refractivity contribution is -0.121. The monoisotopic (exact) mass is 527 g/mol. The zero-order valence-electron chi connectivity index (χ0n) is 21.4. The van der Waals surface area contributed by atoms with E-state index in [1.165, 1.54) is 11.4 Å². The topological polar surface area (TPSA) is 105 Å². The summed E-state index contributed by atoms with van der Waals surface area (Å²) in [5, 5.41) is 2.91. The maximum absolute atomic E-state index is 13.4. The Labute approximate surface area is 217 Å². The Morgan fingerprint density at radius 3 is 2.27 bits per heavy atom. The Bertz CT molecular complexity index is 1320. The number of fused-ring (bicyclic) bond motifs is 1. The van der Waals surface area contributed by atoms with Crippen molar-refractivity contribution in [3.8, 4) is 11.5 Å². The van der Waals surface area contributed by atoms with Crippen LogP contribution in [0.4, 0.5) is 11.4 Å². The number of rotatable bonds is 7. The number of sulfonamides is 1. The van der Waals surface area contributed by atoms with Gasteiger partial charge in [0.15, 0.2) is 11.5 Å². The molecule has 0 aromatic heterocycles. The van der Waals surface area contributed by atoms with Gasteiger partial charge in [-0.3, -0.25) is 9.59 Å². The van der Waals surface area contributed by atoms with Gasteiger partial charge in [-0.2, -0.15) is 4.31 Å². The van der Waals surface area contributed by atoms with Crippen LogP contribution < -0.4 is 19.7 Å². The minimum absolute atomic E-state index is 0.0287. The smallest absolute Gasteiger partial charge is 0.243 e. The highest BCUT2D eigenvalue weighted by atomic mass is 32.2. The van der Waals surface area contributed by atoms with Crippen molar-refractivity contribution in [2.75, 3.05) is 37.5 Å². The number of benzene rings is 2. The van der Waals surface area contributed by atoms with Gasteiger partial charge < -0.3 is 19.7 Å². The largest absolute Gasteiger partial charge is 0.493 e. The minimum atomic E-state index is -3.70. The summed E-state index contributed by atoms with van der Waals surface area (Å²) in [5.74, 6) is 0.920. The van der Waals surface area contributed by atoms with Crippen LogP contribution in [0.15, 0.2) is 41.3 Å². The molecule has 5 rings (SSSR count). The number of methoxy groups -OCH3 is 2. The predicted octanol–water partition coefficient (Wildman–Crippen LogP) is 3.43. The van der Waals surface area contributed by atoms with E-state index in [4.69, 9.17) is 9.47 Å². The van der Waals surface area contributed by atoms with Gasteiger partial charge in [0.2, 0.25) is 21.8 Å². The van der Waals surface area contributed by atoms with Gasteiger partial charge in [0.25, 0.3) is 0 Å². The van der Waals surface area contributed by atoms with Crippen molar-refractivity contribution in [2.45, 2.75) is 50.0 Å². The van der Waals surface area contributed by atoms with Crippen LogP contribution in [-0.2, 0) is 26.0 Å². The number of carbonyl (C=O) groups excluding carboxylic acids is 2. The van der Waals surface area contributed by atoms with Gasteiger partial charge in [0.05, 0.1) is 19.1 Å². The lowest BCUT2D eigenvalue weighted by atomic mass is 9.97. The van der Waals surface area contributed by atoms with Crippen molar-refractivity contribution in [1.29, 1.82) is 0 Å². The quantitative estimate of drug-likeness (QED) is 0.592. The molecular weight excluding hydrogens is 494 g/mol. The zero-order chi connectivity index (χ0) is 26.3. The van der Waals surface area contributed by atoms with Gasteiger partial charge in [-0.25, -0.2) is 8.42 Å². The average molecular weight is 528 g/mol. The third-order valence-electron chi connectivity index (χ3n) is 7.54. The maximum atomic E-state index is 13.4. The van der Waals surface area contributed by atoms with Crippen molar-refractivity contribution in [3.05, 3.63) is 42.0 Å². The highest BCUT2D eigenvalue weighted by Crippen LogP contribution is 2.40. The highest BCUT2D eigenvalue weighted by molar-refractivity contribution is 7.89. The number of anilines is 2. The van der Waals surface area contributed by atoms with Crippen LogP contribution in [0.1, 0.15) is 38.2 Å². The second-order valence-electron chi connectivity index (χ2n) is 10.1. The van der Waals surface area contributed by atoms with Crippen LogP contribution in [0.5, 0.6) is 11.5 Å². The van der Waals surface area contributed by atoms with Crippen LogP contribution in [0.2, 0.25) is 0 Å². The molecule has 10 heteroatoms. The molecule has 1 saturated heterocycles. The molecule has 2 aromatic rings. The van der Waals surface area contributed by atoms with Crippen molar-refractivity contribution < 1.29 is 27.5 Å². The first-order chi connectivity index (χ1) is 17.7. The molecule has 9 nitrogen and oxygen atoms in total. The van der Waals surface area contributed by atoms with Crippen molar-refractivity contribution >= 4 is 33.2 Å². The minimum Gasteiger partial charge on any atom is -0.493 e. The number of piperidine rings is 1. The van der Waals surface area contributed by atoms with Crippen molar-refractivity contribution in [2.24, 2.45) is 11.8 Å². The fourth-order valence-corrected chi connectivity index (χ4v) is 6.82. The van der Waals surface area contributed by atoms with Crippen LogP contribution >= 0.6 is 0 Å². The summed E-state index contributed by atoms with van der Waals surface area (Å²) < 4.78 is 38.8. The SMILES string of the molecule is COc1ccc(NC(=O)C2CCN(S(=O)(=O)c3ccc4c(c3)C[C@@H](C)N4C(=O)C3CC3)CC2)cc1OC. The van der Waals surface area contributed by atoms with E-state index in [1.807, 2.05) is 11.8 Å². The molecule has 3 aliphatic rings. The first-order valence-electron chi connectivity index (χ1n) is 12.7. The zero-order valence-corrected chi connectivity index (χ0v) is 22.2. The molecular formula is C27H33N3O6S. The normalized spacial score (nSPS) is 20.4. The highest BCUT2D eigenvalue weighted by Gasteiger charge is 2.40. The summed E-state index contributed by atoms with van der Waals surface area (Å²) in [6, 6.07) is 10.3. The van der Waals surface area contributed by atoms with Crippen LogP contribution in [0.3, 0.4) is 0 Å². The molecule has 2 aliphatic heterocycles. The standard InChI is InChI=1S/C27H33N3O6S/c1-17-14-20-15-22(7-8-23(20)30(17)27(32)19-4-5-19)37(33,34)29-12-10-18(11-13-29)26(31)28-21-6-9-24(35-2)25(16-21)36-3/h6-9,15-19H,4-5,10-14H2,1-3H3,(H,28,31)/t17-/m1/s1. The third-order valence-corrected chi connectivity index (χ3v) is 9.44. The van der Waals surface area contributed by atoms with E-state index in [9.17, 15) is 18.0 Å². The Morgan fingerprint density at radius 2 is 1.62 bits per heavy atom. The van der Waals surface area contributed by atoms with Gasteiger partial charge in [-0.1, -0.05) is 0 Å². The molecule has 0 radical (unpaired) electrons. The fraction of sp³-hybridized carbons (Fsp3) is 0.481. The fourth-order valence-electron chi connectivity index (χ4n) is 5.30. The first kappa shape index (κ1) is 25.5. The summed E-state index contributed by atoms with van der Waals surface area (Å²) in [7, 11) is -0.620. The van der Waals surface area contributed by atoms with E-state index >= 15 is 0 Å². The van der Waals surface area contributed by atoms with Gasteiger partial charge in [0.1, 0.15) is 0 Å². The predicted molar refractivity (Wildman–Crippen MR) is 139 cm³/mol. The molecule has 0 unspecified atom stereocenters. The molecule has 2 fully saturated rings. The molecule has 1 aliphatic carbocycles. The summed E-state index contributed by atoms with van der Waals surface area (Å²) in [6.45, 7) is 2.55. The molecule has 1 saturated carbocycles. The van der Waals surface area contributed by atoms with Crippen LogP contribution in [0, 0.1) is 11.8 Å². The van der Waals surface area contributed by atoms with Gasteiger partial charge >= 0.3 is 0 Å².